The fourth-order valence-electron chi connectivity index (χ4n) is 9.63. The molecule has 2 heterocycles. The van der Waals surface area contributed by atoms with Crippen molar-refractivity contribution in [3.05, 3.63) is 153 Å². The van der Waals surface area contributed by atoms with Crippen molar-refractivity contribution in [2.24, 2.45) is 0 Å². The van der Waals surface area contributed by atoms with Gasteiger partial charge in [-0.15, -0.1) is 0 Å². The number of carbonyl (C=O) groups is 4. The van der Waals surface area contributed by atoms with Gasteiger partial charge in [0.1, 0.15) is 0 Å². The average molecular weight is 1170 g/mol. The van der Waals surface area contributed by atoms with Crippen molar-refractivity contribution in [3.8, 4) is 12.1 Å². The van der Waals surface area contributed by atoms with Gasteiger partial charge in [0.25, 0.3) is 0 Å². The Bertz CT molecular complexity index is 2700. The van der Waals surface area contributed by atoms with Crippen LogP contribution < -0.4 is 33.8 Å². The number of anilines is 2. The number of esters is 2. The summed E-state index contributed by atoms with van der Waals surface area (Å²) in [5, 5.41) is 19.0. The zero-order valence-corrected chi connectivity index (χ0v) is 45.3. The zero-order chi connectivity index (χ0) is 54.8. The van der Waals surface area contributed by atoms with E-state index in [-0.39, 0.29) is 84.2 Å². The van der Waals surface area contributed by atoms with Crippen LogP contribution in [-0.2, 0) is 31.4 Å². The summed E-state index contributed by atoms with van der Waals surface area (Å²) in [7, 11) is 4.14. The van der Waals surface area contributed by atoms with Crippen LogP contribution in [0.5, 0.6) is 0 Å². The second-order valence-electron chi connectivity index (χ2n) is 18.9. The molecule has 2 aliphatic heterocycles. The van der Waals surface area contributed by atoms with Crippen LogP contribution >= 0.6 is 0 Å². The van der Waals surface area contributed by atoms with Crippen LogP contribution in [0, 0.1) is 22.7 Å². The van der Waals surface area contributed by atoms with E-state index >= 15 is 0 Å². The number of hydrogen-bond acceptors (Lipinski definition) is 8. The maximum Gasteiger partial charge on any atom is 0.416 e. The fourth-order valence-corrected chi connectivity index (χ4v) is 9.63. The number of nitriles is 2. The van der Waals surface area contributed by atoms with Gasteiger partial charge in [-0.2, -0.15) is 36.9 Å². The van der Waals surface area contributed by atoms with Crippen LogP contribution in [-0.4, -0.2) is 91.8 Å². The predicted molar refractivity (Wildman–Crippen MR) is 268 cm³/mol. The molecular formula is C56H60F6IN7O6. The summed E-state index contributed by atoms with van der Waals surface area (Å²) < 4.78 is 95.1. The molecule has 6 rings (SSSR count). The van der Waals surface area contributed by atoms with Gasteiger partial charge in [0.2, 0.25) is 0 Å². The number of halogens is 7. The quantitative estimate of drug-likeness (QED) is 0.0280. The lowest BCUT2D eigenvalue weighted by atomic mass is 9.92. The number of quaternary nitrogens is 1. The summed E-state index contributed by atoms with van der Waals surface area (Å²) in [4.78, 5) is 61.9. The maximum atomic E-state index is 14.6. The Morgan fingerprint density at radius 1 is 0.579 bits per heavy atom. The Morgan fingerprint density at radius 2 is 0.934 bits per heavy atom. The number of amides is 4. The third-order valence-corrected chi connectivity index (χ3v) is 13.4. The number of carbonyl (C=O) groups excluding carboxylic acids is 4. The molecule has 0 saturated heterocycles. The molecule has 0 aliphatic carbocycles. The minimum absolute atomic E-state index is 0. The lowest BCUT2D eigenvalue weighted by Gasteiger charge is -2.43. The Labute approximate surface area is 456 Å². The number of benzene rings is 4. The molecule has 20 heteroatoms. The highest BCUT2D eigenvalue weighted by molar-refractivity contribution is 6.04. The minimum Gasteiger partial charge on any atom is -1.00 e. The highest BCUT2D eigenvalue weighted by Gasteiger charge is 2.45. The van der Waals surface area contributed by atoms with Crippen molar-refractivity contribution in [2.75, 3.05) is 63.3 Å². The largest absolute Gasteiger partial charge is 1.00 e. The average Bonchev–Trinajstić information content (AvgIpc) is 3.36. The Balaban J connectivity index is 0.0000107. The van der Waals surface area contributed by atoms with Crippen LogP contribution in [0.15, 0.2) is 120 Å². The van der Waals surface area contributed by atoms with E-state index in [1.807, 2.05) is 0 Å². The smallest absolute Gasteiger partial charge is 0.416 e. The van der Waals surface area contributed by atoms with Gasteiger partial charge < -0.3 is 47.7 Å². The normalized spacial score (nSPS) is 16.3. The summed E-state index contributed by atoms with van der Waals surface area (Å²) in [6.45, 7) is 7.94. The number of urea groups is 2. The number of alkyl halides is 6. The highest BCUT2D eigenvalue weighted by Crippen LogP contribution is 2.44. The molecule has 0 bridgehead atoms. The van der Waals surface area contributed by atoms with Crippen LogP contribution in [0.2, 0.25) is 0 Å². The first-order valence-electron chi connectivity index (χ1n) is 24.7. The Hall–Kier alpha value is -6.91. The predicted octanol–water partition coefficient (Wildman–Crippen LogP) is 9.23. The third kappa shape index (κ3) is 13.9. The van der Waals surface area contributed by atoms with Gasteiger partial charge >= 0.3 is 36.4 Å². The molecule has 0 saturated carbocycles. The summed E-state index contributed by atoms with van der Waals surface area (Å²) in [6.07, 6.45) is -5.75. The van der Waals surface area contributed by atoms with E-state index in [4.69, 9.17) is 9.47 Å². The molecule has 0 fully saturated rings. The molecule has 0 unspecified atom stereocenters. The monoisotopic (exact) mass is 1170 g/mol. The van der Waals surface area contributed by atoms with Crippen LogP contribution in [0.3, 0.4) is 0 Å². The molecule has 4 aromatic rings. The summed E-state index contributed by atoms with van der Waals surface area (Å²) in [5.74, 6) is -1.48. The molecular weight excluding hydrogens is 1110 g/mol. The SMILES string of the molecule is CCOC(=O)C1=C(C)N(c2cccc(C(F)(F)F)c2)C(=O)N(CCCCC[N+](C)(C)CCCCCN2C(=O)N(c3cccc(C(F)(F)F)c3)C(C)=C(C(=O)OCC)[C@H]2c2ccc(C#N)cc2)[C@@H]1c1ccc(C#N)cc1.[I-]. The van der Waals surface area contributed by atoms with Gasteiger partial charge in [-0.1, -0.05) is 36.4 Å². The molecule has 2 aliphatic rings. The van der Waals surface area contributed by atoms with E-state index in [0.717, 1.165) is 60.0 Å². The van der Waals surface area contributed by atoms with Crippen molar-refractivity contribution in [1.82, 2.24) is 9.80 Å². The lowest BCUT2D eigenvalue weighted by molar-refractivity contribution is -0.890. The van der Waals surface area contributed by atoms with Crippen molar-refractivity contribution in [2.45, 2.75) is 90.7 Å². The summed E-state index contributed by atoms with van der Waals surface area (Å²) in [5.41, 5.74) is 0.0211. The number of unbranched alkanes of at least 4 members (excludes halogenated alkanes) is 4. The van der Waals surface area contributed by atoms with Gasteiger partial charge in [0, 0.05) is 24.5 Å². The molecule has 0 spiro atoms. The van der Waals surface area contributed by atoms with Gasteiger partial charge in [0.15, 0.2) is 0 Å². The zero-order valence-electron chi connectivity index (χ0n) is 43.1. The van der Waals surface area contributed by atoms with Crippen LogP contribution in [0.1, 0.15) is 112 Å². The molecule has 13 nitrogen and oxygen atoms in total. The van der Waals surface area contributed by atoms with Gasteiger partial charge in [-0.3, -0.25) is 9.80 Å². The maximum absolute atomic E-state index is 14.6. The standard InChI is InChI=1S/C56H60F6N7O6.HI/c1-7-74-51(70)47-37(3)67(45-19-15-17-43(33-45)55(57,58)59)53(72)65(49(47)41-25-21-39(35-63)22-26-41)29-11-9-13-31-69(5,6)32-14-10-12-30-66-50(42-27-23-40(36-64)24-28-42)48(52(71)75-8-2)38(4)68(54(66)73)46-20-16-18-44(34-46)56(60,61)62;/h15-28,33-34,49-50H,7-14,29-32H2,1-6H3;1H/q+1;/p-1/t49-,50-;/m1./s1. The molecule has 0 N–H and O–H groups in total. The number of rotatable bonds is 20. The first-order valence-corrected chi connectivity index (χ1v) is 24.7. The minimum atomic E-state index is -4.70. The van der Waals surface area contributed by atoms with E-state index in [0.29, 0.717) is 52.4 Å². The molecule has 0 radical (unpaired) electrons. The van der Waals surface area contributed by atoms with Gasteiger partial charge in [-0.25, -0.2) is 19.2 Å². The Kier molecular flexibility index (Phi) is 20.3. The summed E-state index contributed by atoms with van der Waals surface area (Å²) >= 11 is 0. The second kappa shape index (κ2) is 25.8. The molecule has 404 valence electrons. The molecule has 76 heavy (non-hydrogen) atoms. The van der Waals surface area contributed by atoms with Crippen molar-refractivity contribution < 1.29 is 83.5 Å². The molecule has 4 aromatic carbocycles. The molecule has 4 amide bonds. The van der Waals surface area contributed by atoms with Crippen molar-refractivity contribution in [1.29, 1.82) is 10.5 Å². The van der Waals surface area contributed by atoms with E-state index in [2.05, 4.69) is 26.2 Å². The first-order chi connectivity index (χ1) is 35.6. The van der Waals surface area contributed by atoms with Crippen molar-refractivity contribution in [3.63, 3.8) is 0 Å². The highest BCUT2D eigenvalue weighted by atomic mass is 127. The topological polar surface area (TPSA) is 147 Å². The van der Waals surface area contributed by atoms with Crippen molar-refractivity contribution >= 4 is 35.4 Å². The number of ether oxygens (including phenoxy) is 2. The molecule has 2 atom stereocenters. The number of hydrogen-bond donors (Lipinski definition) is 0. The third-order valence-electron chi connectivity index (χ3n) is 13.4. The summed E-state index contributed by atoms with van der Waals surface area (Å²) in [6, 6.07) is 22.4. The Morgan fingerprint density at radius 3 is 1.25 bits per heavy atom. The molecule has 0 aromatic heterocycles. The van der Waals surface area contributed by atoms with E-state index in [1.165, 1.54) is 47.9 Å². The second-order valence-corrected chi connectivity index (χ2v) is 18.9. The van der Waals surface area contributed by atoms with E-state index in [1.54, 1.807) is 62.4 Å². The lowest BCUT2D eigenvalue weighted by Crippen LogP contribution is -3.00. The number of allylic oxidation sites excluding steroid dienone is 2. The fraction of sp³-hybridized carbons (Fsp3) is 0.393. The van der Waals surface area contributed by atoms with Crippen LogP contribution in [0.4, 0.5) is 47.3 Å². The first kappa shape index (κ1) is 60.0. The van der Waals surface area contributed by atoms with E-state index < -0.39 is 59.6 Å². The van der Waals surface area contributed by atoms with E-state index in [9.17, 15) is 56.0 Å². The van der Waals surface area contributed by atoms with Crippen LogP contribution in [0.25, 0.3) is 0 Å². The van der Waals surface area contributed by atoms with Gasteiger partial charge in [-0.05, 0) is 138 Å². The number of nitrogens with zero attached hydrogens (tertiary/aromatic N) is 7. The van der Waals surface area contributed by atoms with Gasteiger partial charge in [0.05, 0.1) is 109 Å².